The van der Waals surface area contributed by atoms with E-state index in [-0.39, 0.29) is 44.1 Å². The van der Waals surface area contributed by atoms with E-state index in [0.29, 0.717) is 32.6 Å². The van der Waals surface area contributed by atoms with E-state index in [9.17, 15) is 18.4 Å². The number of carboxylic acids is 1. The minimum atomic E-state index is -1.05. The van der Waals surface area contributed by atoms with E-state index in [1.165, 1.54) is 35.6 Å². The first-order valence-corrected chi connectivity index (χ1v) is 13.6. The van der Waals surface area contributed by atoms with Gasteiger partial charge in [-0.25, -0.2) is 13.6 Å². The molecular formula is C29H29F2N3O6S. The van der Waals surface area contributed by atoms with Crippen LogP contribution < -0.4 is 10.1 Å². The number of carboxylic acid groups (broad SMARTS) is 1. The summed E-state index contributed by atoms with van der Waals surface area (Å²) in [5.74, 6) is -1.92. The minimum absolute atomic E-state index is 0.107. The molecule has 0 unspecified atom stereocenters. The van der Waals surface area contributed by atoms with Crippen LogP contribution in [0.15, 0.2) is 47.8 Å². The Labute approximate surface area is 239 Å². The Bertz CT molecular complexity index is 1550. The van der Waals surface area contributed by atoms with Gasteiger partial charge in [-0.1, -0.05) is 6.07 Å². The molecule has 0 bridgehead atoms. The molecule has 2 aromatic carbocycles. The molecule has 41 heavy (non-hydrogen) atoms. The second-order valence-electron chi connectivity index (χ2n) is 9.98. The van der Waals surface area contributed by atoms with Crippen LogP contribution in [0.5, 0.6) is 5.75 Å². The fraction of sp³-hybridized carbons (Fsp3) is 0.310. The van der Waals surface area contributed by atoms with Gasteiger partial charge in [-0.15, -0.1) is 21.5 Å². The first-order chi connectivity index (χ1) is 19.5. The smallest absolute Gasteiger partial charge is 0.407 e. The number of alkyl carbamates (subject to hydrolysis) is 1. The van der Waals surface area contributed by atoms with Crippen LogP contribution in [-0.4, -0.2) is 59.3 Å². The molecule has 0 saturated carbocycles. The van der Waals surface area contributed by atoms with Crippen molar-refractivity contribution < 1.29 is 37.7 Å². The number of nitrogens with zero attached hydrogens (tertiary/aromatic N) is 2. The molecule has 0 fully saturated rings. The zero-order valence-electron chi connectivity index (χ0n) is 22.7. The van der Waals surface area contributed by atoms with Crippen LogP contribution in [0.4, 0.5) is 13.6 Å². The number of rotatable bonds is 11. The van der Waals surface area contributed by atoms with Gasteiger partial charge in [0.25, 0.3) is 0 Å². The van der Waals surface area contributed by atoms with E-state index < -0.39 is 29.3 Å². The van der Waals surface area contributed by atoms with Crippen molar-refractivity contribution in [3.8, 4) is 28.3 Å². The molecule has 0 aliphatic rings. The molecular weight excluding hydrogens is 556 g/mol. The number of nitrogens with one attached hydrogen (secondary N) is 1. The van der Waals surface area contributed by atoms with E-state index in [2.05, 4.69) is 15.5 Å². The van der Waals surface area contributed by atoms with Gasteiger partial charge in [0.15, 0.2) is 0 Å². The zero-order chi connectivity index (χ0) is 29.6. The van der Waals surface area contributed by atoms with Crippen molar-refractivity contribution in [3.63, 3.8) is 0 Å². The summed E-state index contributed by atoms with van der Waals surface area (Å²) in [6.45, 7) is 6.09. The number of halogens is 2. The van der Waals surface area contributed by atoms with E-state index in [1.807, 2.05) is 5.38 Å². The van der Waals surface area contributed by atoms with Gasteiger partial charge in [0.1, 0.15) is 41.0 Å². The van der Waals surface area contributed by atoms with Crippen LogP contribution in [0.1, 0.15) is 26.3 Å². The molecule has 0 spiro atoms. The van der Waals surface area contributed by atoms with Gasteiger partial charge in [-0.2, -0.15) is 0 Å². The quantitative estimate of drug-likeness (QED) is 0.210. The summed E-state index contributed by atoms with van der Waals surface area (Å²) in [7, 11) is 0. The van der Waals surface area contributed by atoms with Gasteiger partial charge < -0.3 is 24.6 Å². The summed E-state index contributed by atoms with van der Waals surface area (Å²) in [6.07, 6.45) is -0.830. The van der Waals surface area contributed by atoms with Crippen molar-refractivity contribution in [3.05, 3.63) is 65.0 Å². The first kappa shape index (κ1) is 29.8. The molecule has 12 heteroatoms. The highest BCUT2D eigenvalue weighted by Crippen LogP contribution is 2.39. The third kappa shape index (κ3) is 7.95. The summed E-state index contributed by atoms with van der Waals surface area (Å²) < 4.78 is 46.3. The Morgan fingerprint density at radius 2 is 1.73 bits per heavy atom. The van der Waals surface area contributed by atoms with Gasteiger partial charge in [0.05, 0.1) is 24.3 Å². The minimum Gasteiger partial charge on any atom is -0.490 e. The van der Waals surface area contributed by atoms with Crippen molar-refractivity contribution in [1.29, 1.82) is 0 Å². The number of ether oxygens (including phenoxy) is 3. The lowest BCUT2D eigenvalue weighted by atomic mass is 10.0. The monoisotopic (exact) mass is 585 g/mol. The van der Waals surface area contributed by atoms with E-state index >= 15 is 0 Å². The molecule has 0 aliphatic heterocycles. The second kappa shape index (κ2) is 13.0. The van der Waals surface area contributed by atoms with Crippen molar-refractivity contribution >= 4 is 33.5 Å². The highest BCUT2D eigenvalue weighted by atomic mass is 32.1. The Morgan fingerprint density at radius 3 is 2.46 bits per heavy atom. The molecule has 0 atom stereocenters. The summed E-state index contributed by atoms with van der Waals surface area (Å²) in [5, 5.41) is 22.7. The van der Waals surface area contributed by atoms with Crippen molar-refractivity contribution in [1.82, 2.24) is 15.5 Å². The average Bonchev–Trinajstić information content (AvgIpc) is 3.37. The van der Waals surface area contributed by atoms with Crippen LogP contribution in [0.25, 0.3) is 32.6 Å². The standard InChI is InChI=1S/C29H29F2N3O6S/c1-29(2,3)40-28(37)32-9-10-38-11-12-39-23-16-18(30)5-7-20(23)26-27-21(8-13-41-27)25(33-34-26)19-6-4-17(14-22(19)31)15-24(35)36/h4-8,13-14,16H,9-12,15H2,1-3H3,(H,32,37)(H,35,36). The number of aliphatic carboxylic acids is 1. The third-order valence-electron chi connectivity index (χ3n) is 5.63. The van der Waals surface area contributed by atoms with Crippen molar-refractivity contribution in [2.45, 2.75) is 32.8 Å². The molecule has 0 aliphatic carbocycles. The number of aromatic nitrogens is 2. The van der Waals surface area contributed by atoms with Gasteiger partial charge >= 0.3 is 12.1 Å². The van der Waals surface area contributed by atoms with Crippen LogP contribution in [-0.2, 0) is 20.7 Å². The third-order valence-corrected chi connectivity index (χ3v) is 6.55. The van der Waals surface area contributed by atoms with Crippen LogP contribution in [0.3, 0.4) is 0 Å². The number of hydrogen-bond donors (Lipinski definition) is 2. The van der Waals surface area contributed by atoms with Crippen LogP contribution in [0, 0.1) is 11.6 Å². The summed E-state index contributed by atoms with van der Waals surface area (Å²) in [6, 6.07) is 10.1. The molecule has 2 heterocycles. The second-order valence-corrected chi connectivity index (χ2v) is 10.9. The number of carbonyl (C=O) groups is 2. The largest absolute Gasteiger partial charge is 0.490 e. The Hall–Kier alpha value is -4.16. The molecule has 2 aromatic heterocycles. The first-order valence-electron chi connectivity index (χ1n) is 12.7. The Kier molecular flexibility index (Phi) is 9.46. The van der Waals surface area contributed by atoms with E-state index in [1.54, 1.807) is 39.0 Å². The highest BCUT2D eigenvalue weighted by molar-refractivity contribution is 7.17. The molecule has 0 radical (unpaired) electrons. The number of hydrogen-bond acceptors (Lipinski definition) is 8. The van der Waals surface area contributed by atoms with Gasteiger partial charge in [-0.05, 0) is 62.0 Å². The predicted molar refractivity (Wildman–Crippen MR) is 150 cm³/mol. The Balaban J connectivity index is 1.46. The molecule has 1 amide bonds. The summed E-state index contributed by atoms with van der Waals surface area (Å²) in [4.78, 5) is 22.7. The predicted octanol–water partition coefficient (Wildman–Crippen LogP) is 5.85. The molecule has 216 valence electrons. The van der Waals surface area contributed by atoms with E-state index in [0.717, 1.165) is 0 Å². The van der Waals surface area contributed by atoms with Gasteiger partial charge in [0, 0.05) is 29.1 Å². The average molecular weight is 586 g/mol. The van der Waals surface area contributed by atoms with Crippen LogP contribution in [0.2, 0.25) is 0 Å². The topological polar surface area (TPSA) is 120 Å². The van der Waals surface area contributed by atoms with E-state index in [4.69, 9.17) is 19.3 Å². The van der Waals surface area contributed by atoms with Crippen LogP contribution >= 0.6 is 11.3 Å². The molecule has 4 rings (SSSR count). The fourth-order valence-corrected chi connectivity index (χ4v) is 4.85. The summed E-state index contributed by atoms with van der Waals surface area (Å²) in [5.41, 5.74) is 1.19. The molecule has 2 N–H and O–H groups in total. The zero-order valence-corrected chi connectivity index (χ0v) is 23.5. The maximum absolute atomic E-state index is 15.0. The van der Waals surface area contributed by atoms with Crippen molar-refractivity contribution in [2.75, 3.05) is 26.4 Å². The number of carbonyl (C=O) groups excluding carboxylic acids is 1. The summed E-state index contributed by atoms with van der Waals surface area (Å²) >= 11 is 1.37. The lowest BCUT2D eigenvalue weighted by molar-refractivity contribution is -0.136. The lowest BCUT2D eigenvalue weighted by Gasteiger charge is -2.19. The number of thiophene rings is 1. The maximum atomic E-state index is 15.0. The lowest BCUT2D eigenvalue weighted by Crippen LogP contribution is -2.34. The normalized spacial score (nSPS) is 11.4. The van der Waals surface area contributed by atoms with Gasteiger partial charge in [0.2, 0.25) is 0 Å². The maximum Gasteiger partial charge on any atom is 0.407 e. The number of amides is 1. The van der Waals surface area contributed by atoms with Crippen molar-refractivity contribution in [2.24, 2.45) is 0 Å². The molecule has 4 aromatic rings. The Morgan fingerprint density at radius 1 is 0.976 bits per heavy atom. The number of benzene rings is 2. The van der Waals surface area contributed by atoms with Gasteiger partial charge in [-0.3, -0.25) is 4.79 Å². The highest BCUT2D eigenvalue weighted by Gasteiger charge is 2.20. The molecule has 0 saturated heterocycles. The molecule has 9 nitrogen and oxygen atoms in total. The number of fused-ring (bicyclic) bond motifs is 1. The fourth-order valence-electron chi connectivity index (χ4n) is 3.95. The SMILES string of the molecule is CC(C)(C)OC(=O)NCCOCCOc1cc(F)ccc1-c1nnc(-c2ccc(CC(=O)O)cc2F)c2ccsc12.